The van der Waals surface area contributed by atoms with Crippen LogP contribution >= 0.6 is 11.3 Å². The number of nitrogens with zero attached hydrogens (tertiary/aromatic N) is 1. The SMILES string of the molecule is CCC(CC1CC1c1ccccc1)(c1ccsc1)N(C)C. The third kappa shape index (κ3) is 2.79. The molecule has 1 heterocycles. The molecule has 0 radical (unpaired) electrons. The Kier molecular flexibility index (Phi) is 4.19. The number of hydrogen-bond acceptors (Lipinski definition) is 2. The molecule has 3 rings (SSSR count). The average molecular weight is 299 g/mol. The van der Waals surface area contributed by atoms with Gasteiger partial charge in [-0.2, -0.15) is 11.3 Å². The predicted octanol–water partition coefficient (Wildman–Crippen LogP) is 5.11. The fourth-order valence-electron chi connectivity index (χ4n) is 3.77. The van der Waals surface area contributed by atoms with Gasteiger partial charge in [0.15, 0.2) is 0 Å². The van der Waals surface area contributed by atoms with Crippen LogP contribution in [0, 0.1) is 5.92 Å². The Morgan fingerprint density at radius 2 is 1.95 bits per heavy atom. The molecule has 3 unspecified atom stereocenters. The van der Waals surface area contributed by atoms with Crippen molar-refractivity contribution in [3.8, 4) is 0 Å². The van der Waals surface area contributed by atoms with Gasteiger partial charge in [0, 0.05) is 5.54 Å². The molecule has 0 bridgehead atoms. The first-order valence-electron chi connectivity index (χ1n) is 7.92. The lowest BCUT2D eigenvalue weighted by molar-refractivity contribution is 0.124. The van der Waals surface area contributed by atoms with Gasteiger partial charge in [-0.3, -0.25) is 4.90 Å². The van der Waals surface area contributed by atoms with Crippen LogP contribution in [0.2, 0.25) is 0 Å². The summed E-state index contributed by atoms with van der Waals surface area (Å²) in [5, 5.41) is 4.55. The van der Waals surface area contributed by atoms with Crippen LogP contribution in [-0.4, -0.2) is 19.0 Å². The van der Waals surface area contributed by atoms with Crippen LogP contribution in [0.25, 0.3) is 0 Å². The summed E-state index contributed by atoms with van der Waals surface area (Å²) in [6, 6.07) is 13.3. The molecule has 3 atom stereocenters. The Bertz CT molecular complexity index is 561. The van der Waals surface area contributed by atoms with Crippen molar-refractivity contribution in [3.63, 3.8) is 0 Å². The zero-order valence-electron chi connectivity index (χ0n) is 13.3. The molecular weight excluding hydrogens is 274 g/mol. The van der Waals surface area contributed by atoms with Crippen LogP contribution in [0.4, 0.5) is 0 Å². The number of benzene rings is 1. The van der Waals surface area contributed by atoms with E-state index in [1.807, 2.05) is 11.3 Å². The van der Waals surface area contributed by atoms with Crippen molar-refractivity contribution >= 4 is 11.3 Å². The highest BCUT2D eigenvalue weighted by Crippen LogP contribution is 2.54. The van der Waals surface area contributed by atoms with Gasteiger partial charge in [0.2, 0.25) is 0 Å². The monoisotopic (exact) mass is 299 g/mol. The maximum absolute atomic E-state index is 2.44. The Morgan fingerprint density at radius 3 is 2.52 bits per heavy atom. The van der Waals surface area contributed by atoms with E-state index in [0.29, 0.717) is 0 Å². The second kappa shape index (κ2) is 5.94. The molecule has 0 amide bonds. The summed E-state index contributed by atoms with van der Waals surface area (Å²) in [5.74, 6) is 1.60. The van der Waals surface area contributed by atoms with Gasteiger partial charge < -0.3 is 0 Å². The molecule has 0 N–H and O–H groups in total. The molecule has 1 saturated carbocycles. The van der Waals surface area contributed by atoms with Gasteiger partial charge in [-0.1, -0.05) is 37.3 Å². The fourth-order valence-corrected chi connectivity index (χ4v) is 4.52. The van der Waals surface area contributed by atoms with E-state index in [-0.39, 0.29) is 5.54 Å². The molecule has 1 aromatic heterocycles. The molecule has 0 spiro atoms. The second-order valence-corrected chi connectivity index (χ2v) is 7.29. The van der Waals surface area contributed by atoms with Crippen LogP contribution in [0.15, 0.2) is 47.2 Å². The van der Waals surface area contributed by atoms with Crippen molar-refractivity contribution < 1.29 is 0 Å². The van der Waals surface area contributed by atoms with Crippen LogP contribution in [0.5, 0.6) is 0 Å². The minimum absolute atomic E-state index is 0.203. The molecule has 2 aromatic rings. The Hall–Kier alpha value is -1.12. The van der Waals surface area contributed by atoms with E-state index in [9.17, 15) is 0 Å². The van der Waals surface area contributed by atoms with E-state index >= 15 is 0 Å². The Labute approximate surface area is 132 Å². The highest BCUT2D eigenvalue weighted by Gasteiger charge is 2.45. The molecular formula is C19H25NS. The van der Waals surface area contributed by atoms with Crippen molar-refractivity contribution in [3.05, 3.63) is 58.3 Å². The predicted molar refractivity (Wildman–Crippen MR) is 91.9 cm³/mol. The summed E-state index contributed by atoms with van der Waals surface area (Å²) in [6.45, 7) is 2.33. The van der Waals surface area contributed by atoms with Crippen molar-refractivity contribution in [1.82, 2.24) is 4.90 Å². The van der Waals surface area contributed by atoms with Crippen molar-refractivity contribution in [1.29, 1.82) is 0 Å². The van der Waals surface area contributed by atoms with E-state index in [0.717, 1.165) is 11.8 Å². The standard InChI is InChI=1S/C19H25NS/c1-4-19(20(2)3,17-10-11-21-14-17)13-16-12-18(16)15-8-6-5-7-9-15/h5-11,14,16,18H,4,12-13H2,1-3H3. The molecule has 1 nitrogen and oxygen atoms in total. The van der Waals surface area contributed by atoms with Gasteiger partial charge >= 0.3 is 0 Å². The zero-order chi connectivity index (χ0) is 14.9. The van der Waals surface area contributed by atoms with Crippen LogP contribution < -0.4 is 0 Å². The van der Waals surface area contributed by atoms with Crippen molar-refractivity contribution in [2.75, 3.05) is 14.1 Å². The van der Waals surface area contributed by atoms with Crippen molar-refractivity contribution in [2.45, 2.75) is 37.6 Å². The van der Waals surface area contributed by atoms with Crippen LogP contribution in [0.3, 0.4) is 0 Å². The largest absolute Gasteiger partial charge is 0.300 e. The average Bonchev–Trinajstić information content (AvgIpc) is 3.04. The zero-order valence-corrected chi connectivity index (χ0v) is 14.1. The van der Waals surface area contributed by atoms with E-state index in [1.165, 1.54) is 30.4 Å². The lowest BCUT2D eigenvalue weighted by Crippen LogP contribution is -2.41. The topological polar surface area (TPSA) is 3.24 Å². The minimum atomic E-state index is 0.203. The maximum atomic E-state index is 2.44. The molecule has 2 heteroatoms. The summed E-state index contributed by atoms with van der Waals surface area (Å²) in [7, 11) is 4.47. The molecule has 1 aromatic carbocycles. The van der Waals surface area contributed by atoms with E-state index in [1.54, 1.807) is 0 Å². The third-order valence-electron chi connectivity index (χ3n) is 5.25. The molecule has 1 aliphatic carbocycles. The first kappa shape index (κ1) is 14.8. The van der Waals surface area contributed by atoms with Gasteiger partial charge in [0.1, 0.15) is 0 Å². The number of thiophene rings is 1. The van der Waals surface area contributed by atoms with Gasteiger partial charge in [0.25, 0.3) is 0 Å². The molecule has 0 aliphatic heterocycles. The molecule has 0 saturated heterocycles. The molecule has 21 heavy (non-hydrogen) atoms. The first-order valence-corrected chi connectivity index (χ1v) is 8.86. The van der Waals surface area contributed by atoms with E-state index in [2.05, 4.69) is 73.1 Å². The van der Waals surface area contributed by atoms with Gasteiger partial charge in [0.05, 0.1) is 0 Å². The lowest BCUT2D eigenvalue weighted by atomic mass is 9.82. The first-order chi connectivity index (χ1) is 10.2. The highest BCUT2D eigenvalue weighted by molar-refractivity contribution is 7.08. The summed E-state index contributed by atoms with van der Waals surface area (Å²) in [6.07, 6.45) is 3.80. The smallest absolute Gasteiger partial charge is 0.0463 e. The molecule has 1 fully saturated rings. The third-order valence-corrected chi connectivity index (χ3v) is 5.93. The Morgan fingerprint density at radius 1 is 1.19 bits per heavy atom. The summed E-state index contributed by atoms with van der Waals surface area (Å²) < 4.78 is 0. The summed E-state index contributed by atoms with van der Waals surface area (Å²) in [5.41, 5.74) is 3.23. The molecule has 112 valence electrons. The van der Waals surface area contributed by atoms with E-state index < -0.39 is 0 Å². The van der Waals surface area contributed by atoms with E-state index in [4.69, 9.17) is 0 Å². The second-order valence-electron chi connectivity index (χ2n) is 6.51. The van der Waals surface area contributed by atoms with Gasteiger partial charge in [-0.25, -0.2) is 0 Å². The lowest BCUT2D eigenvalue weighted by Gasteiger charge is -2.39. The van der Waals surface area contributed by atoms with Gasteiger partial charge in [-0.05, 0) is 73.1 Å². The quantitative estimate of drug-likeness (QED) is 0.716. The summed E-state index contributed by atoms with van der Waals surface area (Å²) >= 11 is 1.82. The van der Waals surface area contributed by atoms with Crippen molar-refractivity contribution in [2.24, 2.45) is 5.92 Å². The van der Waals surface area contributed by atoms with Crippen LogP contribution in [-0.2, 0) is 5.54 Å². The van der Waals surface area contributed by atoms with Gasteiger partial charge in [-0.15, -0.1) is 0 Å². The minimum Gasteiger partial charge on any atom is -0.300 e. The maximum Gasteiger partial charge on any atom is 0.0463 e. The normalized spacial score (nSPS) is 24.0. The molecule has 1 aliphatic rings. The number of hydrogen-bond donors (Lipinski definition) is 0. The Balaban J connectivity index is 1.78. The highest BCUT2D eigenvalue weighted by atomic mass is 32.1. The van der Waals surface area contributed by atoms with Crippen LogP contribution in [0.1, 0.15) is 43.2 Å². The summed E-state index contributed by atoms with van der Waals surface area (Å²) in [4.78, 5) is 2.44. The number of rotatable bonds is 6. The fraction of sp³-hybridized carbons (Fsp3) is 0.474.